The van der Waals surface area contributed by atoms with E-state index in [0.29, 0.717) is 10.6 Å². The summed E-state index contributed by atoms with van der Waals surface area (Å²) in [5.74, 6) is -0.161. The van der Waals surface area contributed by atoms with E-state index >= 15 is 0 Å². The first kappa shape index (κ1) is 14.6. The van der Waals surface area contributed by atoms with Crippen LogP contribution in [0.5, 0.6) is 0 Å². The van der Waals surface area contributed by atoms with Gasteiger partial charge in [-0.3, -0.25) is 9.48 Å². The first-order valence-electron chi connectivity index (χ1n) is 6.12. The molecule has 0 radical (unpaired) electrons. The van der Waals surface area contributed by atoms with Crippen molar-refractivity contribution in [1.29, 1.82) is 0 Å². The first-order valence-corrected chi connectivity index (χ1v) is 6.53. The Morgan fingerprint density at radius 3 is 2.78 bits per heavy atom. The fourth-order valence-electron chi connectivity index (χ4n) is 1.80. The van der Waals surface area contributed by atoms with Gasteiger partial charge in [-0.05, 0) is 12.8 Å². The number of amides is 1. The van der Waals surface area contributed by atoms with E-state index in [9.17, 15) is 4.79 Å². The zero-order valence-electron chi connectivity index (χ0n) is 11.1. The number of hydrogen-bond donors (Lipinski definition) is 2. The molecule has 100 valence electrons. The lowest BCUT2D eigenvalue weighted by Gasteiger charge is -2.16. The molecule has 3 N–H and O–H groups in total. The van der Waals surface area contributed by atoms with Gasteiger partial charge in [0.25, 0.3) is 5.91 Å². The lowest BCUT2D eigenvalue weighted by atomic mass is 10.1. The fourth-order valence-corrected chi connectivity index (χ4v) is 1.97. The number of carbonyl (C=O) groups is 1. The number of carbonyl (C=O) groups excluding carboxylic acids is 1. The first-order chi connectivity index (χ1) is 8.49. The SMILES string of the molecule is CCCC(NC(=O)c1cn(C)nc1CC)C(N)=S. The molecule has 1 unspecified atom stereocenters. The number of aromatic nitrogens is 2. The van der Waals surface area contributed by atoms with E-state index < -0.39 is 0 Å². The normalized spacial score (nSPS) is 12.2. The van der Waals surface area contributed by atoms with Gasteiger partial charge in [0.15, 0.2) is 0 Å². The molecule has 6 heteroatoms. The number of thiocarbonyl (C=S) groups is 1. The molecule has 0 fully saturated rings. The maximum Gasteiger partial charge on any atom is 0.255 e. The summed E-state index contributed by atoms with van der Waals surface area (Å²) in [4.78, 5) is 12.5. The van der Waals surface area contributed by atoms with Crippen molar-refractivity contribution in [3.05, 3.63) is 17.5 Å². The third-order valence-electron chi connectivity index (χ3n) is 2.71. The summed E-state index contributed by atoms with van der Waals surface area (Å²) in [6.45, 7) is 4.00. The van der Waals surface area contributed by atoms with Gasteiger partial charge < -0.3 is 11.1 Å². The van der Waals surface area contributed by atoms with E-state index in [4.69, 9.17) is 18.0 Å². The van der Waals surface area contributed by atoms with Gasteiger partial charge >= 0.3 is 0 Å². The van der Waals surface area contributed by atoms with Crippen molar-refractivity contribution >= 4 is 23.1 Å². The highest BCUT2D eigenvalue weighted by molar-refractivity contribution is 7.80. The maximum atomic E-state index is 12.1. The Morgan fingerprint density at radius 2 is 2.28 bits per heavy atom. The Bertz CT molecular complexity index is 441. The molecule has 0 bridgehead atoms. The summed E-state index contributed by atoms with van der Waals surface area (Å²) < 4.78 is 1.64. The second-order valence-electron chi connectivity index (χ2n) is 4.23. The summed E-state index contributed by atoms with van der Waals surface area (Å²) >= 11 is 4.96. The molecule has 18 heavy (non-hydrogen) atoms. The van der Waals surface area contributed by atoms with Crippen LogP contribution in [0.2, 0.25) is 0 Å². The lowest BCUT2D eigenvalue weighted by Crippen LogP contribution is -2.43. The molecule has 0 spiro atoms. The Labute approximate surface area is 113 Å². The third kappa shape index (κ3) is 3.53. The number of hydrogen-bond acceptors (Lipinski definition) is 3. The topological polar surface area (TPSA) is 72.9 Å². The van der Waals surface area contributed by atoms with E-state index in [1.165, 1.54) is 0 Å². The van der Waals surface area contributed by atoms with Crippen LogP contribution < -0.4 is 11.1 Å². The molecule has 0 saturated heterocycles. The maximum absolute atomic E-state index is 12.1. The van der Waals surface area contributed by atoms with Crippen molar-refractivity contribution in [2.75, 3.05) is 0 Å². The lowest BCUT2D eigenvalue weighted by molar-refractivity contribution is 0.0944. The number of aryl methyl sites for hydroxylation is 2. The monoisotopic (exact) mass is 268 g/mol. The second kappa shape index (κ2) is 6.49. The molecule has 0 saturated carbocycles. The van der Waals surface area contributed by atoms with Gasteiger partial charge in [0, 0.05) is 13.2 Å². The average Bonchev–Trinajstić information content (AvgIpc) is 2.69. The molecule has 1 heterocycles. The van der Waals surface area contributed by atoms with Crippen LogP contribution >= 0.6 is 12.2 Å². The molecule has 0 aliphatic carbocycles. The Hall–Kier alpha value is -1.43. The average molecular weight is 268 g/mol. The van der Waals surface area contributed by atoms with Crippen LogP contribution in [0.25, 0.3) is 0 Å². The van der Waals surface area contributed by atoms with E-state index in [2.05, 4.69) is 10.4 Å². The summed E-state index contributed by atoms with van der Waals surface area (Å²) in [7, 11) is 1.80. The van der Waals surface area contributed by atoms with Gasteiger partial charge in [-0.2, -0.15) is 5.10 Å². The van der Waals surface area contributed by atoms with Crippen LogP contribution in [0.1, 0.15) is 42.7 Å². The van der Waals surface area contributed by atoms with Crippen LogP contribution in [-0.2, 0) is 13.5 Å². The summed E-state index contributed by atoms with van der Waals surface area (Å²) in [5.41, 5.74) is 7.00. The number of nitrogens with zero attached hydrogens (tertiary/aromatic N) is 2. The Morgan fingerprint density at radius 1 is 1.61 bits per heavy atom. The highest BCUT2D eigenvalue weighted by Crippen LogP contribution is 2.08. The molecular formula is C12H20N4OS. The Balaban J connectivity index is 2.83. The van der Waals surface area contributed by atoms with E-state index in [-0.39, 0.29) is 11.9 Å². The van der Waals surface area contributed by atoms with E-state index in [1.807, 2.05) is 13.8 Å². The molecule has 0 aliphatic heterocycles. The predicted molar refractivity (Wildman–Crippen MR) is 75.5 cm³/mol. The van der Waals surface area contributed by atoms with Gasteiger partial charge in [-0.25, -0.2) is 0 Å². The minimum Gasteiger partial charge on any atom is -0.392 e. The van der Waals surface area contributed by atoms with Crippen LogP contribution in [0.15, 0.2) is 6.20 Å². The van der Waals surface area contributed by atoms with Crippen LogP contribution in [0.3, 0.4) is 0 Å². The molecule has 0 aromatic carbocycles. The minimum absolute atomic E-state index is 0.161. The zero-order chi connectivity index (χ0) is 13.7. The van der Waals surface area contributed by atoms with Gasteiger partial charge in [0.2, 0.25) is 0 Å². The van der Waals surface area contributed by atoms with Crippen molar-refractivity contribution in [3.8, 4) is 0 Å². The molecule has 1 aromatic heterocycles. The largest absolute Gasteiger partial charge is 0.392 e. The highest BCUT2D eigenvalue weighted by Gasteiger charge is 2.19. The number of rotatable bonds is 6. The van der Waals surface area contributed by atoms with Crippen LogP contribution in [0, 0.1) is 0 Å². The molecular weight excluding hydrogens is 248 g/mol. The molecule has 1 amide bonds. The van der Waals surface area contributed by atoms with Crippen molar-refractivity contribution in [3.63, 3.8) is 0 Å². The van der Waals surface area contributed by atoms with Crippen molar-refractivity contribution < 1.29 is 4.79 Å². The summed E-state index contributed by atoms with van der Waals surface area (Å²) in [5, 5.41) is 7.10. The van der Waals surface area contributed by atoms with E-state index in [1.54, 1.807) is 17.9 Å². The molecule has 1 aromatic rings. The van der Waals surface area contributed by atoms with Crippen molar-refractivity contribution in [2.24, 2.45) is 12.8 Å². The van der Waals surface area contributed by atoms with Gasteiger partial charge in [0.05, 0.1) is 22.3 Å². The predicted octanol–water partition coefficient (Wildman–Crippen LogP) is 1.17. The molecule has 1 rings (SSSR count). The van der Waals surface area contributed by atoms with Gasteiger partial charge in [-0.15, -0.1) is 0 Å². The summed E-state index contributed by atoms with van der Waals surface area (Å²) in [6.07, 6.45) is 4.10. The van der Waals surface area contributed by atoms with Gasteiger partial charge in [-0.1, -0.05) is 32.5 Å². The number of nitrogens with two attached hydrogens (primary N) is 1. The van der Waals surface area contributed by atoms with Crippen molar-refractivity contribution in [1.82, 2.24) is 15.1 Å². The molecule has 0 aliphatic rings. The second-order valence-corrected chi connectivity index (χ2v) is 4.71. The Kier molecular flexibility index (Phi) is 5.27. The van der Waals surface area contributed by atoms with Crippen LogP contribution in [-0.4, -0.2) is 26.7 Å². The quantitative estimate of drug-likeness (QED) is 0.760. The molecule has 1 atom stereocenters. The number of nitrogens with one attached hydrogen (secondary N) is 1. The zero-order valence-corrected chi connectivity index (χ0v) is 11.9. The third-order valence-corrected chi connectivity index (χ3v) is 3.00. The van der Waals surface area contributed by atoms with Gasteiger partial charge in [0.1, 0.15) is 0 Å². The smallest absolute Gasteiger partial charge is 0.255 e. The molecule has 5 nitrogen and oxygen atoms in total. The standard InChI is InChI=1S/C12H20N4OS/c1-4-6-10(11(13)18)14-12(17)8-7-16(3)15-9(8)5-2/h7,10H,4-6H2,1-3H3,(H2,13,18)(H,14,17). The minimum atomic E-state index is -0.248. The van der Waals surface area contributed by atoms with Crippen molar-refractivity contribution in [2.45, 2.75) is 39.2 Å². The van der Waals surface area contributed by atoms with Crippen LogP contribution in [0.4, 0.5) is 0 Å². The highest BCUT2D eigenvalue weighted by atomic mass is 32.1. The van der Waals surface area contributed by atoms with E-state index in [0.717, 1.165) is 25.0 Å². The fraction of sp³-hybridized carbons (Fsp3) is 0.583. The summed E-state index contributed by atoms with van der Waals surface area (Å²) in [6, 6.07) is -0.248.